The predicted octanol–water partition coefficient (Wildman–Crippen LogP) is 2.67. The normalized spacial score (nSPS) is 12.5. The maximum atomic E-state index is 12.2. The van der Waals surface area contributed by atoms with Crippen LogP contribution in [0.4, 0.5) is 5.69 Å². The van der Waals surface area contributed by atoms with Crippen molar-refractivity contribution in [3.8, 4) is 0 Å². The van der Waals surface area contributed by atoms with E-state index in [0.29, 0.717) is 16.9 Å². The largest absolute Gasteiger partial charge is 0.350 e. The topological polar surface area (TPSA) is 75.5 Å². The second kappa shape index (κ2) is 7.51. The molecule has 0 saturated carbocycles. The first-order valence-electron chi connectivity index (χ1n) is 6.62. The third-order valence-electron chi connectivity index (χ3n) is 3.31. The lowest BCUT2D eigenvalue weighted by Gasteiger charge is -2.28. The highest BCUT2D eigenvalue weighted by atomic mass is 79.9. The Morgan fingerprint density at radius 2 is 2.05 bits per heavy atom. The fourth-order valence-electron chi connectivity index (χ4n) is 2.11. The zero-order chi connectivity index (χ0) is 16.2. The lowest BCUT2D eigenvalue weighted by Crippen LogP contribution is -2.43. The standard InChI is InChI=1S/C14H20BrN3O3/c1-9(2)13(17(3)4)8-16-14(19)11-7-10(18(20)21)5-6-12(11)15/h5-7,9,13H,8H2,1-4H3,(H,16,19). The number of benzene rings is 1. The number of carbonyl (C=O) groups excluding carboxylic acids is 1. The van der Waals surface area contributed by atoms with E-state index in [1.165, 1.54) is 18.2 Å². The molecule has 1 aromatic carbocycles. The van der Waals surface area contributed by atoms with Gasteiger partial charge in [0.1, 0.15) is 0 Å². The average molecular weight is 358 g/mol. The Morgan fingerprint density at radius 3 is 2.52 bits per heavy atom. The third-order valence-corrected chi connectivity index (χ3v) is 4.00. The summed E-state index contributed by atoms with van der Waals surface area (Å²) < 4.78 is 0.538. The van der Waals surface area contributed by atoms with Crippen LogP contribution in [0.15, 0.2) is 22.7 Å². The molecule has 116 valence electrons. The molecule has 0 aliphatic carbocycles. The number of nitro benzene ring substituents is 1. The second-order valence-electron chi connectivity index (χ2n) is 5.41. The van der Waals surface area contributed by atoms with Crippen LogP contribution in [-0.4, -0.2) is 42.4 Å². The SMILES string of the molecule is CC(C)C(CNC(=O)c1cc([N+](=O)[O-])ccc1Br)N(C)C. The molecule has 21 heavy (non-hydrogen) atoms. The summed E-state index contributed by atoms with van der Waals surface area (Å²) in [5.74, 6) is 0.0620. The molecule has 0 radical (unpaired) electrons. The Morgan fingerprint density at radius 1 is 1.43 bits per heavy atom. The van der Waals surface area contributed by atoms with E-state index in [1.807, 2.05) is 19.0 Å². The molecule has 7 heteroatoms. The molecule has 1 atom stereocenters. The number of nitro groups is 1. The van der Waals surface area contributed by atoms with Gasteiger partial charge in [0.2, 0.25) is 0 Å². The smallest absolute Gasteiger partial charge is 0.270 e. The number of likely N-dealkylation sites (N-methyl/N-ethyl adjacent to an activating group) is 1. The molecule has 0 bridgehead atoms. The highest BCUT2D eigenvalue weighted by Crippen LogP contribution is 2.22. The summed E-state index contributed by atoms with van der Waals surface area (Å²) in [6, 6.07) is 4.35. The Balaban J connectivity index is 2.84. The van der Waals surface area contributed by atoms with E-state index in [1.54, 1.807) is 0 Å². The fourth-order valence-corrected chi connectivity index (χ4v) is 2.53. The van der Waals surface area contributed by atoms with Crippen LogP contribution >= 0.6 is 15.9 Å². The molecule has 0 aromatic heterocycles. The van der Waals surface area contributed by atoms with E-state index < -0.39 is 4.92 Å². The van der Waals surface area contributed by atoms with Crippen molar-refractivity contribution in [3.05, 3.63) is 38.3 Å². The molecule has 0 heterocycles. The molecule has 6 nitrogen and oxygen atoms in total. The van der Waals surface area contributed by atoms with E-state index in [9.17, 15) is 14.9 Å². The molecule has 1 N–H and O–H groups in total. The van der Waals surface area contributed by atoms with Gasteiger partial charge in [-0.25, -0.2) is 0 Å². The van der Waals surface area contributed by atoms with Gasteiger partial charge in [-0.15, -0.1) is 0 Å². The number of rotatable bonds is 6. The zero-order valence-electron chi connectivity index (χ0n) is 12.6. The lowest BCUT2D eigenvalue weighted by atomic mass is 10.0. The van der Waals surface area contributed by atoms with Gasteiger partial charge in [0, 0.05) is 29.2 Å². The number of halogens is 1. The third kappa shape index (κ3) is 4.78. The van der Waals surface area contributed by atoms with Crippen LogP contribution in [0.2, 0.25) is 0 Å². The van der Waals surface area contributed by atoms with Crippen molar-refractivity contribution < 1.29 is 9.72 Å². The zero-order valence-corrected chi connectivity index (χ0v) is 14.2. The maximum absolute atomic E-state index is 12.2. The Labute approximate surface area is 132 Å². The first-order valence-corrected chi connectivity index (χ1v) is 7.42. The number of hydrogen-bond donors (Lipinski definition) is 1. The fraction of sp³-hybridized carbons (Fsp3) is 0.500. The number of non-ortho nitro benzene ring substituents is 1. The van der Waals surface area contributed by atoms with Crippen LogP contribution in [0.25, 0.3) is 0 Å². The van der Waals surface area contributed by atoms with Crippen molar-refractivity contribution >= 4 is 27.5 Å². The van der Waals surface area contributed by atoms with E-state index in [2.05, 4.69) is 35.1 Å². The molecule has 0 saturated heterocycles. The lowest BCUT2D eigenvalue weighted by molar-refractivity contribution is -0.384. The van der Waals surface area contributed by atoms with Gasteiger partial charge in [-0.3, -0.25) is 14.9 Å². The van der Waals surface area contributed by atoms with Crippen molar-refractivity contribution in [2.75, 3.05) is 20.6 Å². The molecule has 1 aromatic rings. The molecule has 1 rings (SSSR count). The van der Waals surface area contributed by atoms with Crippen LogP contribution in [0.3, 0.4) is 0 Å². The first-order chi connectivity index (χ1) is 9.73. The molecular formula is C14H20BrN3O3. The minimum absolute atomic E-state index is 0.101. The van der Waals surface area contributed by atoms with Crippen LogP contribution in [0.1, 0.15) is 24.2 Å². The number of amides is 1. The van der Waals surface area contributed by atoms with Gasteiger partial charge >= 0.3 is 0 Å². The van der Waals surface area contributed by atoms with E-state index in [0.717, 1.165) is 0 Å². The van der Waals surface area contributed by atoms with Crippen molar-refractivity contribution in [1.29, 1.82) is 0 Å². The van der Waals surface area contributed by atoms with E-state index in [4.69, 9.17) is 0 Å². The number of nitrogens with zero attached hydrogens (tertiary/aromatic N) is 2. The Kier molecular flexibility index (Phi) is 6.29. The van der Waals surface area contributed by atoms with Crippen LogP contribution in [0, 0.1) is 16.0 Å². The summed E-state index contributed by atoms with van der Waals surface area (Å²) in [6.07, 6.45) is 0. The summed E-state index contributed by atoms with van der Waals surface area (Å²) in [5.41, 5.74) is 0.168. The van der Waals surface area contributed by atoms with Crippen molar-refractivity contribution in [1.82, 2.24) is 10.2 Å². The maximum Gasteiger partial charge on any atom is 0.270 e. The first kappa shape index (κ1) is 17.6. The van der Waals surface area contributed by atoms with Gasteiger partial charge in [0.05, 0.1) is 10.5 Å². The van der Waals surface area contributed by atoms with Crippen molar-refractivity contribution in [3.63, 3.8) is 0 Å². The van der Waals surface area contributed by atoms with Crippen molar-refractivity contribution in [2.24, 2.45) is 5.92 Å². The van der Waals surface area contributed by atoms with E-state index >= 15 is 0 Å². The molecule has 0 aliphatic heterocycles. The van der Waals surface area contributed by atoms with Gasteiger partial charge in [0.25, 0.3) is 11.6 Å². The summed E-state index contributed by atoms with van der Waals surface area (Å²) in [6.45, 7) is 4.65. The highest BCUT2D eigenvalue weighted by molar-refractivity contribution is 9.10. The molecule has 0 aliphatic rings. The number of nitrogens with one attached hydrogen (secondary N) is 1. The quantitative estimate of drug-likeness (QED) is 0.627. The monoisotopic (exact) mass is 357 g/mol. The van der Waals surface area contributed by atoms with Crippen molar-refractivity contribution in [2.45, 2.75) is 19.9 Å². The van der Waals surface area contributed by atoms with Gasteiger partial charge in [0.15, 0.2) is 0 Å². The van der Waals surface area contributed by atoms with Crippen LogP contribution in [-0.2, 0) is 0 Å². The minimum atomic E-state index is -0.514. The van der Waals surface area contributed by atoms with Crippen LogP contribution in [0.5, 0.6) is 0 Å². The Hall–Kier alpha value is -1.47. The Bertz CT molecular complexity index is 524. The summed E-state index contributed by atoms with van der Waals surface area (Å²) in [4.78, 5) is 24.5. The van der Waals surface area contributed by atoms with Gasteiger partial charge < -0.3 is 10.2 Å². The minimum Gasteiger partial charge on any atom is -0.350 e. The molecular weight excluding hydrogens is 338 g/mol. The predicted molar refractivity (Wildman–Crippen MR) is 85.4 cm³/mol. The summed E-state index contributed by atoms with van der Waals surface area (Å²) in [7, 11) is 3.92. The summed E-state index contributed by atoms with van der Waals surface area (Å²) in [5, 5.41) is 13.6. The summed E-state index contributed by atoms with van der Waals surface area (Å²) >= 11 is 3.25. The van der Waals surface area contributed by atoms with Gasteiger partial charge in [-0.2, -0.15) is 0 Å². The molecule has 1 amide bonds. The number of carbonyl (C=O) groups is 1. The van der Waals surface area contributed by atoms with Crippen LogP contribution < -0.4 is 5.32 Å². The average Bonchev–Trinajstić information content (AvgIpc) is 2.37. The molecule has 0 spiro atoms. The molecule has 0 fully saturated rings. The highest BCUT2D eigenvalue weighted by Gasteiger charge is 2.19. The van der Waals surface area contributed by atoms with E-state index in [-0.39, 0.29) is 23.2 Å². The van der Waals surface area contributed by atoms with Gasteiger partial charge in [-0.05, 0) is 42.0 Å². The van der Waals surface area contributed by atoms with Gasteiger partial charge in [-0.1, -0.05) is 13.8 Å². The molecule has 1 unspecified atom stereocenters. The second-order valence-corrected chi connectivity index (χ2v) is 6.26. The number of hydrogen-bond acceptors (Lipinski definition) is 4.